The van der Waals surface area contributed by atoms with Crippen molar-refractivity contribution in [3.05, 3.63) is 59.2 Å². The number of rotatable bonds is 7. The molecule has 1 aromatic rings. The molecule has 0 aromatic carbocycles. The van der Waals surface area contributed by atoms with Gasteiger partial charge >= 0.3 is 0 Å². The molecular weight excluding hydrogens is 430 g/mol. The third-order valence-electron chi connectivity index (χ3n) is 5.67. The Kier molecular flexibility index (Phi) is 7.02. The largest absolute Gasteiger partial charge is 0.445 e. The van der Waals surface area contributed by atoms with E-state index in [9.17, 15) is 13.6 Å². The van der Waals surface area contributed by atoms with Gasteiger partial charge in [0.1, 0.15) is 23.9 Å². The van der Waals surface area contributed by atoms with Gasteiger partial charge in [0.15, 0.2) is 0 Å². The summed E-state index contributed by atoms with van der Waals surface area (Å²) in [7, 11) is 0. The van der Waals surface area contributed by atoms with Gasteiger partial charge in [-0.25, -0.2) is 8.78 Å². The lowest BCUT2D eigenvalue weighted by Crippen LogP contribution is -2.36. The Labute approximate surface area is 191 Å². The summed E-state index contributed by atoms with van der Waals surface area (Å²) in [4.78, 5) is 16.0. The molecule has 1 amide bonds. The lowest BCUT2D eigenvalue weighted by molar-refractivity contribution is -0.121. The Hall–Kier alpha value is -3.27. The van der Waals surface area contributed by atoms with Crippen LogP contribution in [0.1, 0.15) is 44.6 Å². The first-order valence-corrected chi connectivity index (χ1v) is 11.1. The maximum absolute atomic E-state index is 13.6. The number of hydrogen-bond acceptors (Lipinski definition) is 6. The molecule has 2 aliphatic carbocycles. The van der Waals surface area contributed by atoms with Crippen LogP contribution in [0.3, 0.4) is 0 Å². The average molecular weight is 459 g/mol. The second kappa shape index (κ2) is 10.1. The number of carbonyl (C=O) groups is 1. The van der Waals surface area contributed by atoms with Crippen LogP contribution in [0.5, 0.6) is 0 Å². The summed E-state index contributed by atoms with van der Waals surface area (Å²) in [5, 5.41) is 10.4. The first-order valence-electron chi connectivity index (χ1n) is 11.1. The molecule has 8 nitrogen and oxygen atoms in total. The number of aliphatic imine (C=N–C) groups is 1. The molecule has 0 bridgehead atoms. The lowest BCUT2D eigenvalue weighted by Gasteiger charge is -2.27. The van der Waals surface area contributed by atoms with Crippen LogP contribution in [0, 0.1) is 0 Å². The molecule has 4 rings (SSSR count). The van der Waals surface area contributed by atoms with Crippen molar-refractivity contribution >= 4 is 17.8 Å². The van der Waals surface area contributed by atoms with E-state index in [2.05, 4.69) is 20.7 Å². The Balaban J connectivity index is 1.50. The van der Waals surface area contributed by atoms with Crippen LogP contribution in [0.4, 0.5) is 8.78 Å². The smallest absolute Gasteiger partial charge is 0.219 e. The highest BCUT2D eigenvalue weighted by Gasteiger charge is 2.25. The Morgan fingerprint density at radius 3 is 3.06 bits per heavy atom. The second-order valence-corrected chi connectivity index (χ2v) is 8.28. The Bertz CT molecular complexity index is 1060. The molecule has 176 valence electrons. The van der Waals surface area contributed by atoms with E-state index in [0.717, 1.165) is 24.7 Å². The average Bonchev–Trinajstić information content (AvgIpc) is 3.21. The molecule has 0 spiro atoms. The molecule has 0 fully saturated rings. The first kappa shape index (κ1) is 22.9. The first-order chi connectivity index (χ1) is 15.9. The predicted octanol–water partition coefficient (Wildman–Crippen LogP) is 2.97. The van der Waals surface area contributed by atoms with E-state index < -0.39 is 18.2 Å². The molecule has 1 aliphatic heterocycles. The van der Waals surface area contributed by atoms with Gasteiger partial charge in [-0.15, -0.1) is 0 Å². The van der Waals surface area contributed by atoms with E-state index in [1.807, 2.05) is 13.0 Å². The fourth-order valence-electron chi connectivity index (χ4n) is 4.08. The number of hydrogen-bond donors (Lipinski definition) is 3. The standard InChI is InChI=1S/C23H28F2N6O2/c1-2-20(32)30-18-4-3-5-19(9-18)33-23-21(22(26)27-13-28-23)15-10-29-31(12-15)11-14-6-16(24)8-17(25)7-14/h5-6,8,10,12-13,17-18,22H,2-4,7,9,11,26H2,1H3,(H,27,28)(H,30,32). The molecule has 0 saturated heterocycles. The molecule has 0 saturated carbocycles. The number of carbonyl (C=O) groups excluding carboxylic acids is 1. The quantitative estimate of drug-likeness (QED) is 0.583. The van der Waals surface area contributed by atoms with Gasteiger partial charge in [0.2, 0.25) is 11.8 Å². The predicted molar refractivity (Wildman–Crippen MR) is 121 cm³/mol. The molecular formula is C23H28F2N6O2. The van der Waals surface area contributed by atoms with Crippen LogP contribution in [0.15, 0.2) is 58.7 Å². The Morgan fingerprint density at radius 1 is 1.42 bits per heavy atom. The molecule has 33 heavy (non-hydrogen) atoms. The van der Waals surface area contributed by atoms with E-state index in [4.69, 9.17) is 10.5 Å². The SMILES string of the molecule is CCC(=O)NC1CCC=C(OC2=C(c3cnn(CC4=CC(F)=CC(F)C4)c3)C(N)N=CN2)C1. The van der Waals surface area contributed by atoms with Crippen molar-refractivity contribution in [2.75, 3.05) is 0 Å². The summed E-state index contributed by atoms with van der Waals surface area (Å²) in [5.41, 5.74) is 8.17. The number of amides is 1. The number of nitrogens with zero attached hydrogens (tertiary/aromatic N) is 3. The summed E-state index contributed by atoms with van der Waals surface area (Å²) in [6, 6.07) is 0.0210. The van der Waals surface area contributed by atoms with Gasteiger partial charge in [-0.3, -0.25) is 14.5 Å². The molecule has 3 unspecified atom stereocenters. The van der Waals surface area contributed by atoms with E-state index in [0.29, 0.717) is 35.4 Å². The van der Waals surface area contributed by atoms with Gasteiger partial charge < -0.3 is 21.1 Å². The maximum atomic E-state index is 13.6. The van der Waals surface area contributed by atoms with Crippen molar-refractivity contribution < 1.29 is 18.3 Å². The molecule has 3 atom stereocenters. The van der Waals surface area contributed by atoms with Crippen LogP contribution in [-0.2, 0) is 16.1 Å². The minimum atomic E-state index is -1.33. The van der Waals surface area contributed by atoms with Crippen molar-refractivity contribution in [1.82, 2.24) is 20.4 Å². The summed E-state index contributed by atoms with van der Waals surface area (Å²) in [6.45, 7) is 2.09. The molecule has 1 aromatic heterocycles. The number of nitrogens with two attached hydrogens (primary N) is 1. The monoisotopic (exact) mass is 458 g/mol. The van der Waals surface area contributed by atoms with Crippen LogP contribution >= 0.6 is 0 Å². The van der Waals surface area contributed by atoms with Crippen molar-refractivity contribution in [3.8, 4) is 0 Å². The number of alkyl halides is 1. The zero-order valence-corrected chi connectivity index (χ0v) is 18.4. The molecule has 4 N–H and O–H groups in total. The third-order valence-corrected chi connectivity index (χ3v) is 5.67. The van der Waals surface area contributed by atoms with E-state index in [-0.39, 0.29) is 24.9 Å². The van der Waals surface area contributed by atoms with Crippen molar-refractivity contribution in [1.29, 1.82) is 0 Å². The van der Waals surface area contributed by atoms with Crippen LogP contribution in [0.2, 0.25) is 0 Å². The van der Waals surface area contributed by atoms with Crippen LogP contribution in [-0.4, -0.2) is 40.4 Å². The highest BCUT2D eigenvalue weighted by molar-refractivity contribution is 5.77. The number of nitrogens with one attached hydrogen (secondary N) is 2. The van der Waals surface area contributed by atoms with E-state index in [1.54, 1.807) is 17.1 Å². The summed E-state index contributed by atoms with van der Waals surface area (Å²) in [5.74, 6) is 0.624. The van der Waals surface area contributed by atoms with Crippen molar-refractivity contribution in [2.45, 2.75) is 64.0 Å². The van der Waals surface area contributed by atoms with Gasteiger partial charge in [0.25, 0.3) is 0 Å². The van der Waals surface area contributed by atoms with Crippen molar-refractivity contribution in [3.63, 3.8) is 0 Å². The molecule has 2 heterocycles. The van der Waals surface area contributed by atoms with Crippen LogP contribution < -0.4 is 16.4 Å². The van der Waals surface area contributed by atoms with Gasteiger partial charge in [0.05, 0.1) is 24.7 Å². The van der Waals surface area contributed by atoms with E-state index >= 15 is 0 Å². The topological polar surface area (TPSA) is 107 Å². The van der Waals surface area contributed by atoms with Gasteiger partial charge in [-0.05, 0) is 36.6 Å². The minimum absolute atomic E-state index is 0.0149. The molecule has 10 heteroatoms. The second-order valence-electron chi connectivity index (χ2n) is 8.28. The minimum Gasteiger partial charge on any atom is -0.445 e. The van der Waals surface area contributed by atoms with Gasteiger partial charge in [-0.1, -0.05) is 6.92 Å². The maximum Gasteiger partial charge on any atom is 0.219 e. The highest BCUT2D eigenvalue weighted by atomic mass is 19.1. The number of allylic oxidation sites excluding steroid dienone is 5. The fraction of sp³-hybridized carbons (Fsp3) is 0.435. The van der Waals surface area contributed by atoms with Crippen LogP contribution in [0.25, 0.3) is 5.57 Å². The summed E-state index contributed by atoms with van der Waals surface area (Å²) >= 11 is 0. The fourth-order valence-corrected chi connectivity index (χ4v) is 4.08. The summed E-state index contributed by atoms with van der Waals surface area (Å²) in [6.07, 6.45) is 9.99. The number of aromatic nitrogens is 2. The van der Waals surface area contributed by atoms with Gasteiger partial charge in [-0.2, -0.15) is 5.10 Å². The van der Waals surface area contributed by atoms with E-state index in [1.165, 1.54) is 12.4 Å². The van der Waals surface area contributed by atoms with Crippen molar-refractivity contribution in [2.24, 2.45) is 10.7 Å². The molecule has 3 aliphatic rings. The summed E-state index contributed by atoms with van der Waals surface area (Å²) < 4.78 is 35.0. The van der Waals surface area contributed by atoms with Gasteiger partial charge in [0, 0.05) is 37.1 Å². The zero-order valence-electron chi connectivity index (χ0n) is 18.4. The third kappa shape index (κ3) is 5.75. The number of ether oxygens (including phenoxy) is 1. The number of halogens is 2. The Morgan fingerprint density at radius 2 is 2.27 bits per heavy atom. The molecule has 0 radical (unpaired) electrons. The lowest BCUT2D eigenvalue weighted by atomic mass is 10.00. The normalized spacial score (nSPS) is 25.1. The highest BCUT2D eigenvalue weighted by Crippen LogP contribution is 2.29. The zero-order chi connectivity index (χ0) is 23.4.